The van der Waals surface area contributed by atoms with Gasteiger partial charge < -0.3 is 25.3 Å². The molecule has 0 bridgehead atoms. The van der Waals surface area contributed by atoms with Crippen LogP contribution >= 0.6 is 11.3 Å². The van der Waals surface area contributed by atoms with Crippen molar-refractivity contribution in [2.75, 3.05) is 31.1 Å². The maximum atomic E-state index is 14.0. The van der Waals surface area contributed by atoms with Gasteiger partial charge >= 0.3 is 0 Å². The smallest absolute Gasteiger partial charge is 0.254 e. The van der Waals surface area contributed by atoms with Crippen molar-refractivity contribution >= 4 is 28.8 Å². The van der Waals surface area contributed by atoms with E-state index in [4.69, 9.17) is 0 Å². The molecular formula is C26H27F2N3O4S. The Morgan fingerprint density at radius 3 is 2.33 bits per heavy atom. The lowest BCUT2D eigenvalue weighted by Crippen LogP contribution is -2.55. The van der Waals surface area contributed by atoms with Gasteiger partial charge in [0, 0.05) is 31.1 Å². The van der Waals surface area contributed by atoms with Crippen LogP contribution in [-0.2, 0) is 22.6 Å². The van der Waals surface area contributed by atoms with Crippen molar-refractivity contribution in [3.8, 4) is 0 Å². The van der Waals surface area contributed by atoms with E-state index in [2.05, 4.69) is 5.32 Å². The van der Waals surface area contributed by atoms with E-state index in [9.17, 15) is 28.6 Å². The molecular weight excluding hydrogens is 488 g/mol. The molecule has 2 atom stereocenters. The molecule has 0 saturated carbocycles. The minimum atomic E-state index is -1.92. The number of rotatable bonds is 8. The minimum absolute atomic E-state index is 0.131. The fourth-order valence-corrected chi connectivity index (χ4v) is 4.90. The number of aliphatic hydroxyl groups excluding tert-OH is 2. The SMILES string of the molecule is O=C(NCc1cc(Cc2ccc(F)cc2)cs1)[C@H](O)[C@@H](O)C(=O)N1CCN(c2ccccc2F)CC1. The fourth-order valence-electron chi connectivity index (χ4n) is 4.07. The summed E-state index contributed by atoms with van der Waals surface area (Å²) in [7, 11) is 0. The molecule has 7 nitrogen and oxygen atoms in total. The number of carbonyl (C=O) groups excluding carboxylic acids is 2. The molecule has 1 saturated heterocycles. The topological polar surface area (TPSA) is 93.1 Å². The second-order valence-electron chi connectivity index (χ2n) is 8.60. The van der Waals surface area contributed by atoms with Gasteiger partial charge in [-0.1, -0.05) is 24.3 Å². The van der Waals surface area contributed by atoms with Crippen molar-refractivity contribution in [1.82, 2.24) is 10.2 Å². The molecule has 1 aromatic heterocycles. The number of thiophene rings is 1. The second-order valence-corrected chi connectivity index (χ2v) is 9.59. The van der Waals surface area contributed by atoms with Gasteiger partial charge in [0.25, 0.3) is 11.8 Å². The van der Waals surface area contributed by atoms with Gasteiger partial charge in [0.1, 0.15) is 11.6 Å². The highest BCUT2D eigenvalue weighted by Gasteiger charge is 2.34. The molecule has 0 unspecified atom stereocenters. The quantitative estimate of drug-likeness (QED) is 0.428. The first kappa shape index (κ1) is 25.7. The van der Waals surface area contributed by atoms with E-state index in [1.807, 2.05) is 11.4 Å². The van der Waals surface area contributed by atoms with Gasteiger partial charge in [-0.2, -0.15) is 0 Å². The number of carbonyl (C=O) groups is 2. The van der Waals surface area contributed by atoms with Crippen molar-refractivity contribution in [3.63, 3.8) is 0 Å². The van der Waals surface area contributed by atoms with Crippen LogP contribution in [0.3, 0.4) is 0 Å². The number of hydrogen-bond acceptors (Lipinski definition) is 6. The third-order valence-corrected chi connectivity index (χ3v) is 7.06. The van der Waals surface area contributed by atoms with E-state index in [-0.39, 0.29) is 31.3 Å². The highest BCUT2D eigenvalue weighted by Crippen LogP contribution is 2.21. The number of anilines is 1. The molecule has 2 amide bonds. The van der Waals surface area contributed by atoms with Gasteiger partial charge in [-0.25, -0.2) is 8.78 Å². The van der Waals surface area contributed by atoms with Crippen LogP contribution in [0.15, 0.2) is 60.0 Å². The van der Waals surface area contributed by atoms with E-state index in [1.54, 1.807) is 35.2 Å². The Labute approximate surface area is 211 Å². The number of hydrogen-bond donors (Lipinski definition) is 3. The van der Waals surface area contributed by atoms with E-state index >= 15 is 0 Å². The molecule has 3 N–H and O–H groups in total. The lowest BCUT2D eigenvalue weighted by molar-refractivity contribution is -0.153. The van der Waals surface area contributed by atoms with Crippen LogP contribution in [0.2, 0.25) is 0 Å². The first-order chi connectivity index (χ1) is 17.3. The first-order valence-electron chi connectivity index (χ1n) is 11.5. The minimum Gasteiger partial charge on any atom is -0.380 e. The van der Waals surface area contributed by atoms with Crippen LogP contribution < -0.4 is 10.2 Å². The van der Waals surface area contributed by atoms with E-state index in [0.717, 1.165) is 16.0 Å². The van der Waals surface area contributed by atoms with Gasteiger partial charge in [-0.3, -0.25) is 9.59 Å². The normalized spacial score (nSPS) is 15.4. The van der Waals surface area contributed by atoms with Gasteiger partial charge in [0.05, 0.1) is 12.2 Å². The Balaban J connectivity index is 1.24. The molecule has 0 aliphatic carbocycles. The summed E-state index contributed by atoms with van der Waals surface area (Å²) >= 11 is 1.42. The monoisotopic (exact) mass is 515 g/mol. The Morgan fingerprint density at radius 2 is 1.64 bits per heavy atom. The van der Waals surface area contributed by atoms with Crippen molar-refractivity contribution in [2.45, 2.75) is 25.2 Å². The number of nitrogens with zero attached hydrogens (tertiary/aromatic N) is 2. The molecule has 2 aromatic carbocycles. The van der Waals surface area contributed by atoms with E-state index < -0.39 is 24.0 Å². The lowest BCUT2D eigenvalue weighted by Gasteiger charge is -2.37. The maximum Gasteiger partial charge on any atom is 0.254 e. The molecule has 2 heterocycles. The number of piperazine rings is 1. The molecule has 4 rings (SSSR count). The standard InChI is InChI=1S/C26H27F2N3O4S/c27-19-7-5-17(6-8-19)13-18-14-20(36-16-18)15-29-25(34)23(32)24(33)26(35)31-11-9-30(10-12-31)22-4-2-1-3-21(22)28/h1-8,14,16,23-24,32-33H,9-13,15H2,(H,29,34)/t23-,24-/m1/s1. The lowest BCUT2D eigenvalue weighted by atomic mass is 10.1. The number of benzene rings is 2. The van der Waals surface area contributed by atoms with Gasteiger partial charge in [-0.05, 0) is 53.3 Å². The van der Waals surface area contributed by atoms with Crippen LogP contribution in [0.5, 0.6) is 0 Å². The summed E-state index contributed by atoms with van der Waals surface area (Å²) in [6.45, 7) is 1.31. The zero-order valence-corrected chi connectivity index (χ0v) is 20.3. The van der Waals surface area contributed by atoms with Crippen molar-refractivity contribution < 1.29 is 28.6 Å². The number of nitrogens with one attached hydrogen (secondary N) is 1. The van der Waals surface area contributed by atoms with Crippen LogP contribution in [0.1, 0.15) is 16.0 Å². The highest BCUT2D eigenvalue weighted by atomic mass is 32.1. The Kier molecular flexibility index (Phi) is 8.29. The van der Waals surface area contributed by atoms with Crippen molar-refractivity contribution in [3.05, 3.63) is 87.6 Å². The molecule has 36 heavy (non-hydrogen) atoms. The summed E-state index contributed by atoms with van der Waals surface area (Å²) in [6.07, 6.45) is -3.20. The molecule has 3 aromatic rings. The van der Waals surface area contributed by atoms with Crippen molar-refractivity contribution in [2.24, 2.45) is 0 Å². The van der Waals surface area contributed by atoms with Crippen LogP contribution in [0, 0.1) is 11.6 Å². The average molecular weight is 516 g/mol. The Morgan fingerprint density at radius 1 is 0.944 bits per heavy atom. The molecule has 0 radical (unpaired) electrons. The van der Waals surface area contributed by atoms with Crippen LogP contribution in [0.25, 0.3) is 0 Å². The summed E-state index contributed by atoms with van der Waals surface area (Å²) in [5.74, 6) is -2.24. The Hall–Kier alpha value is -3.34. The number of amides is 2. The Bertz CT molecular complexity index is 1200. The van der Waals surface area contributed by atoms with Crippen LogP contribution in [0.4, 0.5) is 14.5 Å². The predicted molar refractivity (Wildman–Crippen MR) is 133 cm³/mol. The molecule has 10 heteroatoms. The fraction of sp³-hybridized carbons (Fsp3) is 0.308. The van der Waals surface area contributed by atoms with Gasteiger partial charge in [-0.15, -0.1) is 11.3 Å². The molecule has 1 aliphatic rings. The predicted octanol–water partition coefficient (Wildman–Crippen LogP) is 2.30. The zero-order valence-electron chi connectivity index (χ0n) is 19.4. The number of aliphatic hydroxyl groups is 2. The van der Waals surface area contributed by atoms with Crippen LogP contribution in [-0.4, -0.2) is 65.3 Å². The second kappa shape index (κ2) is 11.6. The maximum absolute atomic E-state index is 14.0. The summed E-state index contributed by atoms with van der Waals surface area (Å²) in [5, 5.41) is 25.1. The molecule has 1 aliphatic heterocycles. The van der Waals surface area contributed by atoms with Gasteiger partial charge in [0.2, 0.25) is 0 Å². The largest absolute Gasteiger partial charge is 0.380 e. The summed E-state index contributed by atoms with van der Waals surface area (Å²) < 4.78 is 27.1. The number of halogens is 2. The zero-order chi connectivity index (χ0) is 25.7. The molecule has 190 valence electrons. The first-order valence-corrected chi connectivity index (χ1v) is 12.4. The third-order valence-electron chi connectivity index (χ3n) is 6.07. The van der Waals surface area contributed by atoms with E-state index in [1.165, 1.54) is 34.4 Å². The van der Waals surface area contributed by atoms with Crippen molar-refractivity contribution in [1.29, 1.82) is 0 Å². The highest BCUT2D eigenvalue weighted by molar-refractivity contribution is 7.10. The van der Waals surface area contributed by atoms with E-state index in [0.29, 0.717) is 25.2 Å². The molecule has 0 spiro atoms. The summed E-state index contributed by atoms with van der Waals surface area (Å²) in [5.41, 5.74) is 2.40. The van der Waals surface area contributed by atoms with Gasteiger partial charge in [0.15, 0.2) is 12.2 Å². The summed E-state index contributed by atoms with van der Waals surface area (Å²) in [4.78, 5) is 29.0. The summed E-state index contributed by atoms with van der Waals surface area (Å²) in [6, 6.07) is 14.5. The number of para-hydroxylation sites is 1. The third kappa shape index (κ3) is 6.26. The molecule has 1 fully saturated rings. The average Bonchev–Trinajstić information content (AvgIpc) is 3.35.